The minimum atomic E-state index is -1.59. The molecule has 1 saturated heterocycles. The standard InChI is InChI=1S/C58H84N4O13/c1-3-5-6-7-8-9-10-11-12-16-31-59-57(67)73-46-28-29-51-49(41-46)55-47(21-14-18-34-64)44(20-13-17-33-63)40-48-50(60-75-54-22-15-19-37-71-54)42-52(58(74-51,56(48)55)72-36-4-2)61(32-38-70-39-35-65)53(66)30-25-43-23-26-45(27-24-43)62(68)69/h4,23-30,40-41,44,47,52,54-56,63-65H,2-3,5-22,31-39,42H2,1H3,(H,59,67)/t44-,47+,52-,54?,55+,56+,58+/m0/s1. The predicted molar refractivity (Wildman–Crippen MR) is 287 cm³/mol. The van der Waals surface area contributed by atoms with Gasteiger partial charge in [-0.05, 0) is 104 Å². The molecule has 75 heavy (non-hydrogen) atoms. The van der Waals surface area contributed by atoms with Crippen LogP contribution in [-0.2, 0) is 23.8 Å². The van der Waals surface area contributed by atoms with Crippen molar-refractivity contribution in [1.82, 2.24) is 10.2 Å². The Labute approximate surface area is 443 Å². The van der Waals surface area contributed by atoms with Gasteiger partial charge in [0.15, 0.2) is 0 Å². The maximum Gasteiger partial charge on any atom is 0.412 e. The van der Waals surface area contributed by atoms with Gasteiger partial charge in [0.2, 0.25) is 18.0 Å². The number of nitro groups is 1. The first-order valence-electron chi connectivity index (χ1n) is 27.9. The van der Waals surface area contributed by atoms with Crippen LogP contribution in [0.5, 0.6) is 11.5 Å². The van der Waals surface area contributed by atoms with Crippen molar-refractivity contribution in [3.63, 3.8) is 0 Å². The number of ether oxygens (including phenoxy) is 5. The molecule has 2 aliphatic heterocycles. The van der Waals surface area contributed by atoms with Crippen LogP contribution >= 0.6 is 0 Å². The number of aliphatic hydroxyl groups is 3. The van der Waals surface area contributed by atoms with Crippen molar-refractivity contribution in [3.05, 3.63) is 94.1 Å². The van der Waals surface area contributed by atoms with Gasteiger partial charge < -0.3 is 54.1 Å². The fourth-order valence-electron chi connectivity index (χ4n) is 11.3. The number of amides is 2. The second-order valence-electron chi connectivity index (χ2n) is 20.2. The summed E-state index contributed by atoms with van der Waals surface area (Å²) < 4.78 is 32.3. The highest BCUT2D eigenvalue weighted by Crippen LogP contribution is 2.62. The third-order valence-corrected chi connectivity index (χ3v) is 15.0. The molecule has 7 atom stereocenters. The van der Waals surface area contributed by atoms with E-state index < -0.39 is 41.0 Å². The highest BCUT2D eigenvalue weighted by atomic mass is 16.8. The Hall–Kier alpha value is -5.17. The summed E-state index contributed by atoms with van der Waals surface area (Å²) in [7, 11) is 0. The second kappa shape index (κ2) is 31.8. The van der Waals surface area contributed by atoms with Crippen LogP contribution in [0.3, 0.4) is 0 Å². The molecule has 2 aromatic rings. The summed E-state index contributed by atoms with van der Waals surface area (Å²) in [6.45, 7) is 7.33. The van der Waals surface area contributed by atoms with Crippen molar-refractivity contribution < 1.29 is 58.4 Å². The molecule has 2 fully saturated rings. The minimum absolute atomic E-state index is 0.0255. The summed E-state index contributed by atoms with van der Waals surface area (Å²) in [4.78, 5) is 47.4. The van der Waals surface area contributed by atoms with E-state index in [0.717, 1.165) is 56.1 Å². The maximum absolute atomic E-state index is 15.0. The number of nitrogens with one attached hydrogen (secondary N) is 1. The third kappa shape index (κ3) is 16.9. The Morgan fingerprint density at radius 1 is 0.920 bits per heavy atom. The molecule has 6 rings (SSSR count). The van der Waals surface area contributed by atoms with Crippen molar-refractivity contribution in [2.45, 2.75) is 159 Å². The van der Waals surface area contributed by atoms with Gasteiger partial charge in [0.25, 0.3) is 5.69 Å². The first kappa shape index (κ1) is 59.1. The summed E-state index contributed by atoms with van der Waals surface area (Å²) in [5, 5.41) is 49.1. The highest BCUT2D eigenvalue weighted by Gasteiger charge is 2.65. The van der Waals surface area contributed by atoms with Crippen LogP contribution in [0, 0.1) is 27.9 Å². The van der Waals surface area contributed by atoms with Gasteiger partial charge in [0, 0.05) is 68.8 Å². The van der Waals surface area contributed by atoms with Crippen LogP contribution in [0.25, 0.3) is 6.08 Å². The molecule has 4 N–H and O–H groups in total. The molecular weight excluding hydrogens is 961 g/mol. The smallest absolute Gasteiger partial charge is 0.412 e. The van der Waals surface area contributed by atoms with Crippen molar-refractivity contribution in [1.29, 1.82) is 0 Å². The van der Waals surface area contributed by atoms with E-state index in [1.807, 2.05) is 6.07 Å². The average molecular weight is 1050 g/mol. The quantitative estimate of drug-likeness (QED) is 0.0169. The number of fused-ring (bicyclic) bond motifs is 2. The Bertz CT molecular complexity index is 2180. The fraction of sp³-hybridized carbons (Fsp3) is 0.638. The summed E-state index contributed by atoms with van der Waals surface area (Å²) in [6, 6.07) is 10.4. The number of carbonyl (C=O) groups is 2. The first-order valence-corrected chi connectivity index (χ1v) is 27.9. The predicted octanol–water partition coefficient (Wildman–Crippen LogP) is 10.3. The molecule has 0 aromatic heterocycles. The number of carbonyl (C=O) groups excluding carboxylic acids is 2. The zero-order valence-corrected chi connectivity index (χ0v) is 44.3. The highest BCUT2D eigenvalue weighted by molar-refractivity contribution is 6.03. The van der Waals surface area contributed by atoms with Crippen LogP contribution in [0.2, 0.25) is 0 Å². The molecule has 1 saturated carbocycles. The summed E-state index contributed by atoms with van der Waals surface area (Å²) in [5.74, 6) is -2.33. The summed E-state index contributed by atoms with van der Waals surface area (Å²) in [5.41, 5.74) is 2.70. The molecule has 2 amide bonds. The van der Waals surface area contributed by atoms with E-state index in [4.69, 9.17) is 33.7 Å². The van der Waals surface area contributed by atoms with Crippen LogP contribution in [-0.4, -0.2) is 120 Å². The van der Waals surface area contributed by atoms with Crippen LogP contribution in [0.15, 0.2) is 78.0 Å². The Morgan fingerprint density at radius 3 is 2.33 bits per heavy atom. The molecule has 0 spiro atoms. The van der Waals surface area contributed by atoms with E-state index in [9.17, 15) is 30.2 Å². The van der Waals surface area contributed by atoms with Crippen LogP contribution in [0.1, 0.15) is 152 Å². The number of hydrogen-bond acceptors (Lipinski definition) is 14. The van der Waals surface area contributed by atoms with Gasteiger partial charge in [-0.15, -0.1) is 6.58 Å². The lowest BCUT2D eigenvalue weighted by Gasteiger charge is -2.60. The molecule has 4 aliphatic rings. The molecule has 1 unspecified atom stereocenters. The van der Waals surface area contributed by atoms with E-state index >= 15 is 4.79 Å². The van der Waals surface area contributed by atoms with Gasteiger partial charge >= 0.3 is 6.09 Å². The SMILES string of the molecule is C=CCO[C@@]12Oc3ccc(OC(=O)NCCCCCCCCCCCC)cc3[C@H]3[C@H](CCCCO)[C@@H](CCCCO)C=C(C(=NOC4CCCCO4)C[C@@H]1N(CCOCCO)C(=O)C=Cc1ccc([N+](=O)[O-])cc1)[C@H]32. The minimum Gasteiger partial charge on any atom is -0.459 e. The number of benzene rings is 2. The van der Waals surface area contributed by atoms with Gasteiger partial charge in [-0.3, -0.25) is 14.9 Å². The van der Waals surface area contributed by atoms with Crippen molar-refractivity contribution in [2.75, 3.05) is 59.3 Å². The first-order chi connectivity index (χ1) is 36.7. The molecule has 2 aliphatic carbocycles. The number of hydrogen-bond donors (Lipinski definition) is 4. The number of aliphatic hydroxyl groups excluding tert-OH is 3. The van der Waals surface area contributed by atoms with Gasteiger partial charge in [0.05, 0.1) is 49.6 Å². The Morgan fingerprint density at radius 2 is 1.65 bits per heavy atom. The van der Waals surface area contributed by atoms with E-state index in [0.29, 0.717) is 68.0 Å². The lowest BCUT2D eigenvalue weighted by molar-refractivity contribution is -0.384. The van der Waals surface area contributed by atoms with E-state index in [1.54, 1.807) is 41.3 Å². The number of nitro benzene ring substituents is 1. The second-order valence-corrected chi connectivity index (χ2v) is 20.2. The Kier molecular flexibility index (Phi) is 25.0. The molecule has 17 heteroatoms. The fourth-order valence-corrected chi connectivity index (χ4v) is 11.3. The van der Waals surface area contributed by atoms with Gasteiger partial charge in [-0.1, -0.05) is 94.9 Å². The van der Waals surface area contributed by atoms with Crippen molar-refractivity contribution in [3.8, 4) is 11.5 Å². The van der Waals surface area contributed by atoms with Gasteiger partial charge in [-0.25, -0.2) is 4.79 Å². The monoisotopic (exact) mass is 1040 g/mol. The van der Waals surface area contributed by atoms with E-state index in [2.05, 4.69) is 24.9 Å². The average Bonchev–Trinajstić information content (AvgIpc) is 3.43. The zero-order valence-electron chi connectivity index (χ0n) is 44.3. The van der Waals surface area contributed by atoms with Crippen molar-refractivity contribution >= 4 is 29.5 Å². The molecular formula is C58H84N4O13. The largest absolute Gasteiger partial charge is 0.459 e. The van der Waals surface area contributed by atoms with Gasteiger partial charge in [0.1, 0.15) is 17.5 Å². The number of allylic oxidation sites excluding steroid dienone is 1. The number of non-ortho nitro benzene ring substituents is 1. The molecule has 2 heterocycles. The lowest BCUT2D eigenvalue weighted by atomic mass is 9.55. The van der Waals surface area contributed by atoms with Crippen LogP contribution < -0.4 is 14.8 Å². The lowest BCUT2D eigenvalue weighted by Crippen LogP contribution is -2.70. The molecule has 17 nitrogen and oxygen atoms in total. The number of unbranched alkanes of at least 4 members (excludes halogenated alkanes) is 11. The molecule has 2 aromatic carbocycles. The topological polar surface area (TPSA) is 221 Å². The van der Waals surface area contributed by atoms with E-state index in [1.165, 1.54) is 63.2 Å². The number of nitrogens with zero attached hydrogens (tertiary/aromatic N) is 3. The normalized spacial score (nSPS) is 23.4. The zero-order chi connectivity index (χ0) is 53.3. The summed E-state index contributed by atoms with van der Waals surface area (Å²) in [6.07, 6.45) is 24.4. The van der Waals surface area contributed by atoms with Crippen molar-refractivity contribution in [2.24, 2.45) is 22.9 Å². The molecule has 414 valence electrons. The van der Waals surface area contributed by atoms with Crippen LogP contribution in [0.4, 0.5) is 10.5 Å². The number of oxime groups is 1. The number of rotatable bonds is 34. The van der Waals surface area contributed by atoms with Gasteiger partial charge in [-0.2, -0.15) is 0 Å². The molecule has 0 bridgehead atoms. The third-order valence-electron chi connectivity index (χ3n) is 15.0. The maximum atomic E-state index is 15.0. The Balaban J connectivity index is 1.42. The van der Waals surface area contributed by atoms with E-state index in [-0.39, 0.29) is 76.0 Å². The molecule has 0 radical (unpaired) electrons. The summed E-state index contributed by atoms with van der Waals surface area (Å²) >= 11 is 0.